The van der Waals surface area contributed by atoms with Crippen LogP contribution in [0.25, 0.3) is 11.0 Å². The van der Waals surface area contributed by atoms with Gasteiger partial charge in [0.2, 0.25) is 0 Å². The van der Waals surface area contributed by atoms with Gasteiger partial charge in [-0.3, -0.25) is 14.8 Å². The fraction of sp³-hybridized carbons (Fsp3) is 0. The number of fused-ring (bicyclic) bond motifs is 1. The third-order valence-electron chi connectivity index (χ3n) is 4.56. The Morgan fingerprint density at radius 3 is 2.39 bits per heavy atom. The van der Waals surface area contributed by atoms with Crippen molar-refractivity contribution in [3.05, 3.63) is 98.1 Å². The topological polar surface area (TPSA) is 132 Å². The summed E-state index contributed by atoms with van der Waals surface area (Å²) < 4.78 is 46.4. The van der Waals surface area contributed by atoms with Crippen LogP contribution >= 0.6 is 11.6 Å². The first kappa shape index (κ1) is 22.2. The molecule has 0 aliphatic rings. The molecule has 12 heteroatoms. The van der Waals surface area contributed by atoms with Crippen molar-refractivity contribution in [2.45, 2.75) is 4.90 Å². The summed E-state index contributed by atoms with van der Waals surface area (Å²) in [7, 11) is -4.23. The van der Waals surface area contributed by atoms with Crippen molar-refractivity contribution < 1.29 is 22.1 Å². The number of benzene rings is 3. The Morgan fingerprint density at radius 2 is 1.70 bits per heavy atom. The van der Waals surface area contributed by atoms with E-state index in [-0.39, 0.29) is 27.7 Å². The van der Waals surface area contributed by atoms with E-state index in [0.717, 1.165) is 12.1 Å². The second-order valence-electron chi connectivity index (χ2n) is 6.78. The molecule has 1 heterocycles. The quantitative estimate of drug-likeness (QED) is 0.220. The van der Waals surface area contributed by atoms with E-state index in [1.807, 2.05) is 0 Å². The molecule has 0 saturated carbocycles. The number of anilines is 3. The number of halogens is 2. The lowest BCUT2D eigenvalue weighted by Crippen LogP contribution is -2.14. The SMILES string of the molecule is O=c1cc(Nc2ccc(NS(=O)(=O)c3cccc(Cl)c3F)cc2)c2cc([N+](=O)[O-])ccc2o1. The zero-order valence-electron chi connectivity index (χ0n) is 16.4. The van der Waals surface area contributed by atoms with Crippen molar-refractivity contribution >= 4 is 55.3 Å². The van der Waals surface area contributed by atoms with Crippen LogP contribution in [0.2, 0.25) is 5.02 Å². The zero-order chi connectivity index (χ0) is 23.8. The molecule has 0 aliphatic heterocycles. The van der Waals surface area contributed by atoms with Gasteiger partial charge in [-0.1, -0.05) is 17.7 Å². The fourth-order valence-electron chi connectivity index (χ4n) is 3.05. The number of sulfonamides is 1. The lowest BCUT2D eigenvalue weighted by Gasteiger charge is -2.12. The van der Waals surface area contributed by atoms with Gasteiger partial charge in [0, 0.05) is 35.0 Å². The molecule has 0 aliphatic carbocycles. The molecule has 0 unspecified atom stereocenters. The highest BCUT2D eigenvalue weighted by molar-refractivity contribution is 7.92. The molecule has 0 atom stereocenters. The highest BCUT2D eigenvalue weighted by Crippen LogP contribution is 2.29. The summed E-state index contributed by atoms with van der Waals surface area (Å²) in [4.78, 5) is 21.8. The summed E-state index contributed by atoms with van der Waals surface area (Å²) in [5.41, 5.74) is 0.172. The molecular weight excluding hydrogens is 477 g/mol. The molecule has 4 rings (SSSR count). The number of nitro benzene ring substituents is 1. The van der Waals surface area contributed by atoms with Gasteiger partial charge in [-0.25, -0.2) is 17.6 Å². The molecule has 0 bridgehead atoms. The monoisotopic (exact) mass is 489 g/mol. The number of hydrogen-bond donors (Lipinski definition) is 2. The van der Waals surface area contributed by atoms with Crippen LogP contribution in [0, 0.1) is 15.9 Å². The smallest absolute Gasteiger partial charge is 0.338 e. The summed E-state index contributed by atoms with van der Waals surface area (Å²) in [5.74, 6) is -1.06. The maximum Gasteiger partial charge on any atom is 0.338 e. The van der Waals surface area contributed by atoms with Gasteiger partial charge >= 0.3 is 5.63 Å². The predicted molar refractivity (Wildman–Crippen MR) is 121 cm³/mol. The van der Waals surface area contributed by atoms with Crippen molar-refractivity contribution in [3.63, 3.8) is 0 Å². The highest BCUT2D eigenvalue weighted by atomic mass is 35.5. The second kappa shape index (κ2) is 8.52. The first-order valence-electron chi connectivity index (χ1n) is 9.20. The van der Waals surface area contributed by atoms with Crippen molar-refractivity contribution in [1.82, 2.24) is 0 Å². The molecule has 1 aromatic heterocycles. The number of non-ortho nitro benzene ring substituents is 1. The molecule has 168 valence electrons. The number of hydrogen-bond acceptors (Lipinski definition) is 7. The zero-order valence-corrected chi connectivity index (χ0v) is 18.0. The summed E-state index contributed by atoms with van der Waals surface area (Å²) in [6, 6.07) is 14.4. The maximum atomic E-state index is 14.1. The van der Waals surface area contributed by atoms with Crippen LogP contribution < -0.4 is 15.7 Å². The highest BCUT2D eigenvalue weighted by Gasteiger charge is 2.21. The van der Waals surface area contributed by atoms with Gasteiger partial charge in [-0.05, 0) is 42.5 Å². The molecule has 3 aromatic carbocycles. The van der Waals surface area contributed by atoms with E-state index in [1.54, 1.807) is 0 Å². The van der Waals surface area contributed by atoms with Crippen LogP contribution in [0.4, 0.5) is 27.1 Å². The van der Waals surface area contributed by atoms with E-state index in [4.69, 9.17) is 16.0 Å². The molecule has 0 saturated heterocycles. The maximum absolute atomic E-state index is 14.1. The minimum absolute atomic E-state index is 0.146. The molecular formula is C21H13ClFN3O6S. The first-order valence-corrected chi connectivity index (χ1v) is 11.1. The molecule has 0 radical (unpaired) electrons. The molecule has 9 nitrogen and oxygen atoms in total. The molecule has 0 fully saturated rings. The molecule has 0 amide bonds. The molecule has 2 N–H and O–H groups in total. The van der Waals surface area contributed by atoms with Crippen LogP contribution in [0.3, 0.4) is 0 Å². The van der Waals surface area contributed by atoms with E-state index in [0.29, 0.717) is 11.1 Å². The Morgan fingerprint density at radius 1 is 1.00 bits per heavy atom. The normalized spacial score (nSPS) is 11.3. The van der Waals surface area contributed by atoms with Crippen molar-refractivity contribution in [1.29, 1.82) is 0 Å². The van der Waals surface area contributed by atoms with Gasteiger partial charge < -0.3 is 9.73 Å². The van der Waals surface area contributed by atoms with Crippen molar-refractivity contribution in [2.75, 3.05) is 10.0 Å². The van der Waals surface area contributed by atoms with E-state index in [2.05, 4.69) is 10.0 Å². The molecule has 0 spiro atoms. The summed E-state index contributed by atoms with van der Waals surface area (Å²) in [6.45, 7) is 0. The standard InChI is InChI=1S/C21H13ClFN3O6S/c22-16-2-1-3-19(21(16)23)33(30,31)25-13-6-4-12(5-7-13)24-17-11-20(27)32-18-9-8-14(26(28)29)10-15(17)18/h1-11,24-25H. The van der Waals surface area contributed by atoms with Crippen molar-refractivity contribution in [2.24, 2.45) is 0 Å². The number of nitro groups is 1. The van der Waals surface area contributed by atoms with Crippen LogP contribution in [-0.2, 0) is 10.0 Å². The van der Waals surface area contributed by atoms with E-state index >= 15 is 0 Å². The average molecular weight is 490 g/mol. The van der Waals surface area contributed by atoms with Crippen LogP contribution in [0.5, 0.6) is 0 Å². The Kier molecular flexibility index (Phi) is 5.75. The Hall–Kier alpha value is -3.96. The van der Waals surface area contributed by atoms with Gasteiger partial charge in [0.1, 0.15) is 10.5 Å². The minimum atomic E-state index is -4.23. The fourth-order valence-corrected chi connectivity index (χ4v) is 4.44. The molecule has 4 aromatic rings. The van der Waals surface area contributed by atoms with Crippen LogP contribution in [-0.4, -0.2) is 13.3 Å². The number of nitrogens with zero attached hydrogens (tertiary/aromatic N) is 1. The van der Waals surface area contributed by atoms with E-state index in [1.165, 1.54) is 54.6 Å². The average Bonchev–Trinajstić information content (AvgIpc) is 2.76. The Bertz CT molecular complexity index is 1560. The van der Waals surface area contributed by atoms with Crippen LogP contribution in [0.15, 0.2) is 80.8 Å². The largest absolute Gasteiger partial charge is 0.423 e. The van der Waals surface area contributed by atoms with Gasteiger partial charge in [-0.15, -0.1) is 0 Å². The summed E-state index contributed by atoms with van der Waals surface area (Å²) in [6.07, 6.45) is 0. The second-order valence-corrected chi connectivity index (χ2v) is 8.83. The third kappa shape index (κ3) is 4.64. The van der Waals surface area contributed by atoms with Crippen molar-refractivity contribution in [3.8, 4) is 0 Å². The first-order chi connectivity index (χ1) is 15.6. The van der Waals surface area contributed by atoms with E-state index < -0.39 is 31.3 Å². The Labute approximate surface area is 190 Å². The van der Waals surface area contributed by atoms with Gasteiger partial charge in [0.15, 0.2) is 5.82 Å². The predicted octanol–water partition coefficient (Wildman–Crippen LogP) is 5.04. The number of rotatable bonds is 6. The minimum Gasteiger partial charge on any atom is -0.423 e. The lowest BCUT2D eigenvalue weighted by atomic mass is 10.1. The number of nitrogens with one attached hydrogen (secondary N) is 2. The van der Waals surface area contributed by atoms with Gasteiger partial charge in [-0.2, -0.15) is 0 Å². The third-order valence-corrected chi connectivity index (χ3v) is 6.25. The van der Waals surface area contributed by atoms with Gasteiger partial charge in [0.25, 0.3) is 15.7 Å². The Balaban J connectivity index is 1.61. The lowest BCUT2D eigenvalue weighted by molar-refractivity contribution is -0.384. The summed E-state index contributed by atoms with van der Waals surface area (Å²) >= 11 is 5.66. The van der Waals surface area contributed by atoms with Gasteiger partial charge in [0.05, 0.1) is 15.6 Å². The molecule has 33 heavy (non-hydrogen) atoms. The summed E-state index contributed by atoms with van der Waals surface area (Å²) in [5, 5.41) is 14.0. The van der Waals surface area contributed by atoms with Crippen LogP contribution in [0.1, 0.15) is 0 Å². The van der Waals surface area contributed by atoms with E-state index in [9.17, 15) is 27.7 Å².